The molecule has 90 valence electrons. The fourth-order valence-corrected chi connectivity index (χ4v) is 1.48. The number of aromatic nitrogens is 3. The van der Waals surface area contributed by atoms with Gasteiger partial charge in [-0.2, -0.15) is 0 Å². The zero-order valence-corrected chi connectivity index (χ0v) is 9.47. The Morgan fingerprint density at radius 3 is 3.06 bits per heavy atom. The van der Waals surface area contributed by atoms with Crippen LogP contribution in [0.5, 0.6) is 0 Å². The van der Waals surface area contributed by atoms with Gasteiger partial charge < -0.3 is 9.26 Å². The number of hydrogen-bond donors (Lipinski definition) is 0. The Balaban J connectivity index is 2.36. The molecule has 0 aromatic carbocycles. The molecule has 0 bridgehead atoms. The van der Waals surface area contributed by atoms with Gasteiger partial charge in [-0.05, 0) is 6.92 Å². The number of aryl methyl sites for hydroxylation is 2. The van der Waals surface area contributed by atoms with E-state index in [1.807, 2.05) is 0 Å². The van der Waals surface area contributed by atoms with E-state index in [4.69, 9.17) is 4.52 Å². The molecule has 2 heterocycles. The molecule has 2 aromatic heterocycles. The van der Waals surface area contributed by atoms with Crippen LogP contribution in [0.4, 0.5) is 0 Å². The Hall–Kier alpha value is -2.18. The average molecular weight is 237 g/mol. The van der Waals surface area contributed by atoms with Gasteiger partial charge in [0.15, 0.2) is 0 Å². The van der Waals surface area contributed by atoms with Gasteiger partial charge in [-0.25, -0.2) is 4.98 Å². The molecule has 0 spiro atoms. The number of methoxy groups -OCH3 is 1. The second kappa shape index (κ2) is 4.36. The maximum absolute atomic E-state index is 12.0. The molecule has 0 N–H and O–H groups in total. The lowest BCUT2D eigenvalue weighted by atomic mass is 10.3. The second-order valence-corrected chi connectivity index (χ2v) is 3.52. The van der Waals surface area contributed by atoms with Crippen LogP contribution in [0.3, 0.4) is 0 Å². The fourth-order valence-electron chi connectivity index (χ4n) is 1.48. The van der Waals surface area contributed by atoms with Gasteiger partial charge in [0.05, 0.1) is 19.2 Å². The molecule has 0 amide bonds. The maximum Gasteiger partial charge on any atom is 0.307 e. The van der Waals surface area contributed by atoms with Crippen molar-refractivity contribution in [3.05, 3.63) is 22.4 Å². The highest BCUT2D eigenvalue weighted by Gasteiger charge is 2.12. The molecule has 0 aliphatic carbocycles. The summed E-state index contributed by atoms with van der Waals surface area (Å²) in [6.45, 7) is 1.89. The fraction of sp³-hybridized carbons (Fsp3) is 0.400. The van der Waals surface area contributed by atoms with Crippen LogP contribution < -0.4 is 5.56 Å². The molecule has 0 radical (unpaired) electrons. The first-order chi connectivity index (χ1) is 8.13. The lowest BCUT2D eigenvalue weighted by molar-refractivity contribution is -0.140. The Morgan fingerprint density at radius 1 is 1.59 bits per heavy atom. The van der Waals surface area contributed by atoms with Crippen molar-refractivity contribution in [1.82, 2.24) is 14.7 Å². The normalized spacial score (nSPS) is 10.7. The number of hydrogen-bond acceptors (Lipinski definition) is 6. The third-order valence-electron chi connectivity index (χ3n) is 2.42. The summed E-state index contributed by atoms with van der Waals surface area (Å²) >= 11 is 0. The smallest absolute Gasteiger partial charge is 0.307 e. The topological polar surface area (TPSA) is 87.2 Å². The van der Waals surface area contributed by atoms with E-state index in [1.54, 1.807) is 6.92 Å². The Kier molecular flexibility index (Phi) is 2.90. The highest BCUT2D eigenvalue weighted by molar-refractivity contribution is 5.74. The summed E-state index contributed by atoms with van der Waals surface area (Å²) in [5.41, 5.74) is 0.435. The van der Waals surface area contributed by atoms with Crippen LogP contribution >= 0.6 is 0 Å². The summed E-state index contributed by atoms with van der Waals surface area (Å²) in [5, 5.41) is 4.01. The second-order valence-electron chi connectivity index (χ2n) is 3.52. The molecule has 0 fully saturated rings. The number of fused-ring (bicyclic) bond motifs is 1. The van der Waals surface area contributed by atoms with Gasteiger partial charge in [0.25, 0.3) is 11.3 Å². The number of carbonyl (C=O) groups excluding carboxylic acids is 1. The first-order valence-corrected chi connectivity index (χ1v) is 5.01. The summed E-state index contributed by atoms with van der Waals surface area (Å²) in [5.74, 6) is -0.376. The summed E-state index contributed by atoms with van der Waals surface area (Å²) in [7, 11) is 1.30. The van der Waals surface area contributed by atoms with Crippen molar-refractivity contribution in [3.8, 4) is 0 Å². The van der Waals surface area contributed by atoms with Crippen LogP contribution in [0, 0.1) is 6.92 Å². The SMILES string of the molecule is COC(=O)CCn1cnc2onc(C)c2c1=O. The molecule has 0 aliphatic heterocycles. The van der Waals surface area contributed by atoms with E-state index in [0.717, 1.165) is 0 Å². The molecular formula is C10H11N3O4. The third-order valence-corrected chi connectivity index (χ3v) is 2.42. The largest absolute Gasteiger partial charge is 0.469 e. The summed E-state index contributed by atoms with van der Waals surface area (Å²) in [6, 6.07) is 0. The van der Waals surface area contributed by atoms with E-state index in [-0.39, 0.29) is 30.2 Å². The highest BCUT2D eigenvalue weighted by Crippen LogP contribution is 2.09. The number of rotatable bonds is 3. The van der Waals surface area contributed by atoms with Gasteiger partial charge >= 0.3 is 5.97 Å². The number of nitrogens with zero attached hydrogens (tertiary/aromatic N) is 3. The minimum absolute atomic E-state index is 0.119. The van der Waals surface area contributed by atoms with Gasteiger partial charge in [0.2, 0.25) is 0 Å². The van der Waals surface area contributed by atoms with Crippen LogP contribution in [0.1, 0.15) is 12.1 Å². The summed E-state index contributed by atoms with van der Waals surface area (Å²) < 4.78 is 10.7. The quantitative estimate of drug-likeness (QED) is 0.711. The van der Waals surface area contributed by atoms with Crippen LogP contribution in [-0.4, -0.2) is 27.8 Å². The molecule has 17 heavy (non-hydrogen) atoms. The molecule has 0 aliphatic rings. The van der Waals surface area contributed by atoms with E-state index in [1.165, 1.54) is 18.0 Å². The minimum Gasteiger partial charge on any atom is -0.469 e. The molecular weight excluding hydrogens is 226 g/mol. The minimum atomic E-state index is -0.376. The molecule has 0 unspecified atom stereocenters. The van der Waals surface area contributed by atoms with E-state index in [0.29, 0.717) is 11.1 Å². The molecule has 2 aromatic rings. The van der Waals surface area contributed by atoms with Gasteiger partial charge in [0.1, 0.15) is 11.7 Å². The van der Waals surface area contributed by atoms with Crippen molar-refractivity contribution in [2.75, 3.05) is 7.11 Å². The lowest BCUT2D eigenvalue weighted by Crippen LogP contribution is -2.22. The predicted molar refractivity (Wildman–Crippen MR) is 57.4 cm³/mol. The number of esters is 1. The first-order valence-electron chi connectivity index (χ1n) is 5.01. The van der Waals surface area contributed by atoms with Gasteiger partial charge in [0, 0.05) is 6.54 Å². The van der Waals surface area contributed by atoms with Crippen molar-refractivity contribution in [2.45, 2.75) is 19.9 Å². The van der Waals surface area contributed by atoms with Crippen molar-refractivity contribution in [1.29, 1.82) is 0 Å². The average Bonchev–Trinajstić information content (AvgIpc) is 2.70. The van der Waals surface area contributed by atoms with Gasteiger partial charge in [-0.15, -0.1) is 0 Å². The van der Waals surface area contributed by atoms with Crippen molar-refractivity contribution >= 4 is 17.1 Å². The summed E-state index contributed by atoms with van der Waals surface area (Å²) in [6.07, 6.45) is 1.45. The number of ether oxygens (including phenoxy) is 1. The van der Waals surface area contributed by atoms with E-state index >= 15 is 0 Å². The molecule has 0 saturated carbocycles. The third kappa shape index (κ3) is 2.03. The zero-order valence-electron chi connectivity index (χ0n) is 9.47. The zero-order chi connectivity index (χ0) is 12.4. The Morgan fingerprint density at radius 2 is 2.35 bits per heavy atom. The van der Waals surface area contributed by atoms with Crippen LogP contribution in [0.25, 0.3) is 11.1 Å². The Bertz CT molecular complexity index is 614. The Labute approximate surface area is 96.0 Å². The number of carbonyl (C=O) groups is 1. The van der Waals surface area contributed by atoms with Crippen molar-refractivity contribution in [2.24, 2.45) is 0 Å². The molecule has 7 heteroatoms. The first kappa shape index (κ1) is 11.3. The highest BCUT2D eigenvalue weighted by atomic mass is 16.5. The van der Waals surface area contributed by atoms with Crippen molar-refractivity contribution < 1.29 is 14.1 Å². The van der Waals surface area contributed by atoms with E-state index in [2.05, 4.69) is 14.9 Å². The maximum atomic E-state index is 12.0. The van der Waals surface area contributed by atoms with E-state index in [9.17, 15) is 9.59 Å². The molecule has 0 atom stereocenters. The lowest BCUT2D eigenvalue weighted by Gasteiger charge is -2.03. The van der Waals surface area contributed by atoms with Crippen molar-refractivity contribution in [3.63, 3.8) is 0 Å². The van der Waals surface area contributed by atoms with Gasteiger partial charge in [-0.1, -0.05) is 5.16 Å². The molecule has 2 rings (SSSR count). The summed E-state index contributed by atoms with van der Waals surface area (Å²) in [4.78, 5) is 26.9. The molecule has 7 nitrogen and oxygen atoms in total. The predicted octanol–water partition coefficient (Wildman–Crippen LogP) is 0.256. The van der Waals surface area contributed by atoms with Gasteiger partial charge in [-0.3, -0.25) is 14.2 Å². The van der Waals surface area contributed by atoms with Crippen LogP contribution in [0.15, 0.2) is 15.6 Å². The standard InChI is InChI=1S/C10H11N3O4/c1-6-8-9(17-12-6)11-5-13(10(8)15)4-3-7(14)16-2/h5H,3-4H2,1-2H3. The van der Waals surface area contributed by atoms with E-state index < -0.39 is 0 Å². The van der Waals surface area contributed by atoms with Crippen LogP contribution in [-0.2, 0) is 16.1 Å². The molecule has 0 saturated heterocycles. The van der Waals surface area contributed by atoms with Crippen LogP contribution in [0.2, 0.25) is 0 Å². The monoisotopic (exact) mass is 237 g/mol.